The van der Waals surface area contributed by atoms with Crippen molar-refractivity contribution in [2.45, 2.75) is 0 Å². The summed E-state index contributed by atoms with van der Waals surface area (Å²) in [5, 5.41) is 0. The second-order valence-electron chi connectivity index (χ2n) is 6.78. The Hall–Kier alpha value is -2.27. The summed E-state index contributed by atoms with van der Waals surface area (Å²) in [7, 11) is 0. The number of benzene rings is 4. The van der Waals surface area contributed by atoms with Gasteiger partial charge in [-0.1, -0.05) is 170 Å². The first-order valence-electron chi connectivity index (χ1n) is 9.96. The molecular weight excluding hydrogens is 523 g/mol. The molecule has 0 fully saturated rings. The van der Waals surface area contributed by atoms with Gasteiger partial charge in [0.15, 0.2) is 0 Å². The molecule has 0 unspecified atom stereocenters. The molecule has 0 bridgehead atoms. The zero-order valence-corrected chi connectivity index (χ0v) is 21.7. The maximum Gasteiger partial charge on any atom is 2.00 e. The normalized spacial score (nSPS) is 9.45. The second-order valence-corrected chi connectivity index (χ2v) is 8.41. The van der Waals surface area contributed by atoms with Crippen LogP contribution in [0.1, 0.15) is 22.3 Å². The van der Waals surface area contributed by atoms with E-state index in [-0.39, 0.29) is 16.5 Å². The summed E-state index contributed by atoms with van der Waals surface area (Å²) in [6.07, 6.45) is 0. The van der Waals surface area contributed by atoms with Crippen LogP contribution in [0, 0.1) is 0 Å². The van der Waals surface area contributed by atoms with Gasteiger partial charge in [0.05, 0.1) is 19.5 Å². The van der Waals surface area contributed by atoms with E-state index >= 15 is 0 Å². The van der Waals surface area contributed by atoms with E-state index in [9.17, 15) is 0 Å². The maximum absolute atomic E-state index is 5.38. The minimum absolute atomic E-state index is 0. The Kier molecular flexibility index (Phi) is 11.5. The molecule has 0 N–H and O–H groups in total. The average Bonchev–Trinajstić information content (AvgIpc) is 2.89. The van der Waals surface area contributed by atoms with Crippen LogP contribution in [0.2, 0.25) is 0 Å². The molecule has 0 aliphatic carbocycles. The van der Waals surface area contributed by atoms with Crippen LogP contribution < -0.4 is 0 Å². The molecule has 0 spiro atoms. The Labute approximate surface area is 227 Å². The summed E-state index contributed by atoms with van der Waals surface area (Å²) in [5.74, 6) is 0. The SMILES string of the molecule is S=C(C(=S)c1ccccc1)c1ccccc1.S=C(C(=S)c1ccccc1)c1ccccc1.[Ni+2]. The van der Waals surface area contributed by atoms with Crippen molar-refractivity contribution in [2.75, 3.05) is 0 Å². The molecule has 0 saturated carbocycles. The fourth-order valence-corrected chi connectivity index (χ4v) is 3.90. The van der Waals surface area contributed by atoms with Gasteiger partial charge in [-0.2, -0.15) is 0 Å². The fourth-order valence-electron chi connectivity index (χ4n) is 2.88. The first-order valence-corrected chi connectivity index (χ1v) is 11.6. The fraction of sp³-hybridized carbons (Fsp3) is 0. The van der Waals surface area contributed by atoms with Crippen LogP contribution in [-0.2, 0) is 16.5 Å². The van der Waals surface area contributed by atoms with E-state index in [2.05, 4.69) is 0 Å². The van der Waals surface area contributed by atoms with Crippen molar-refractivity contribution in [1.29, 1.82) is 0 Å². The quantitative estimate of drug-likeness (QED) is 0.139. The van der Waals surface area contributed by atoms with E-state index in [4.69, 9.17) is 48.9 Å². The number of rotatable bonds is 6. The molecule has 0 saturated heterocycles. The first kappa shape index (κ1) is 27.0. The van der Waals surface area contributed by atoms with Crippen molar-refractivity contribution in [1.82, 2.24) is 0 Å². The summed E-state index contributed by atoms with van der Waals surface area (Å²) in [6.45, 7) is 0. The Bertz CT molecular complexity index is 1010. The minimum Gasteiger partial charge on any atom is -0.0778 e. The van der Waals surface area contributed by atoms with Gasteiger partial charge < -0.3 is 0 Å². The summed E-state index contributed by atoms with van der Waals surface area (Å²) in [5.41, 5.74) is 4.02. The Morgan fingerprint density at radius 3 is 0.606 bits per heavy atom. The summed E-state index contributed by atoms with van der Waals surface area (Å²) < 4.78 is 0. The van der Waals surface area contributed by atoms with Gasteiger partial charge in [-0.25, -0.2) is 0 Å². The van der Waals surface area contributed by atoms with Crippen LogP contribution in [-0.4, -0.2) is 19.5 Å². The zero-order valence-electron chi connectivity index (χ0n) is 17.5. The number of thiocarbonyl (C=S) groups is 4. The van der Waals surface area contributed by atoms with Crippen LogP contribution in [0.15, 0.2) is 121 Å². The van der Waals surface area contributed by atoms with Gasteiger partial charge in [0.2, 0.25) is 0 Å². The van der Waals surface area contributed by atoms with Crippen LogP contribution >= 0.6 is 48.9 Å². The van der Waals surface area contributed by atoms with Crippen molar-refractivity contribution >= 4 is 68.3 Å². The molecule has 5 heteroatoms. The molecule has 4 aromatic carbocycles. The van der Waals surface area contributed by atoms with Crippen LogP contribution in [0.25, 0.3) is 0 Å². The van der Waals surface area contributed by atoms with Crippen molar-refractivity contribution in [3.05, 3.63) is 144 Å². The predicted octanol–water partition coefficient (Wildman–Crippen LogP) is 7.64. The topological polar surface area (TPSA) is 0 Å². The first-order chi connectivity index (χ1) is 15.6. The van der Waals surface area contributed by atoms with Crippen molar-refractivity contribution in [3.63, 3.8) is 0 Å². The Morgan fingerprint density at radius 1 is 0.303 bits per heavy atom. The van der Waals surface area contributed by atoms with Crippen molar-refractivity contribution < 1.29 is 16.5 Å². The van der Waals surface area contributed by atoms with Gasteiger partial charge in [0.25, 0.3) is 0 Å². The van der Waals surface area contributed by atoms with E-state index < -0.39 is 0 Å². The van der Waals surface area contributed by atoms with Gasteiger partial charge in [-0.05, 0) is 22.3 Å². The third-order valence-corrected chi connectivity index (χ3v) is 6.57. The zero-order chi connectivity index (χ0) is 22.8. The van der Waals surface area contributed by atoms with Gasteiger partial charge >= 0.3 is 16.5 Å². The Morgan fingerprint density at radius 2 is 0.455 bits per heavy atom. The summed E-state index contributed by atoms with van der Waals surface area (Å²) in [4.78, 5) is 2.95. The van der Waals surface area contributed by atoms with E-state index in [1.807, 2.05) is 121 Å². The third-order valence-electron chi connectivity index (χ3n) is 4.56. The minimum atomic E-state index is 0. The molecule has 0 aliphatic rings. The molecule has 0 nitrogen and oxygen atoms in total. The van der Waals surface area contributed by atoms with E-state index in [1.165, 1.54) is 0 Å². The van der Waals surface area contributed by atoms with Crippen LogP contribution in [0.3, 0.4) is 0 Å². The molecule has 0 radical (unpaired) electrons. The second kappa shape index (κ2) is 14.1. The van der Waals surface area contributed by atoms with Crippen molar-refractivity contribution in [3.8, 4) is 0 Å². The Balaban J connectivity index is 0.000000227. The standard InChI is InChI=1S/2C14H10S2.Ni/c2*15-13(11-7-3-1-4-8-11)14(16)12-9-5-2-6-10-12;/h2*1-10H;/q;;+2. The number of hydrogen-bond acceptors (Lipinski definition) is 4. The summed E-state index contributed by atoms with van der Waals surface area (Å²) in [6, 6.07) is 39.5. The molecule has 0 amide bonds. The van der Waals surface area contributed by atoms with Crippen LogP contribution in [0.5, 0.6) is 0 Å². The van der Waals surface area contributed by atoms with E-state index in [0.29, 0.717) is 0 Å². The van der Waals surface area contributed by atoms with Gasteiger partial charge in [-0.3, -0.25) is 0 Å². The number of hydrogen-bond donors (Lipinski definition) is 0. The van der Waals surface area contributed by atoms with E-state index in [0.717, 1.165) is 41.7 Å². The van der Waals surface area contributed by atoms with Gasteiger partial charge in [0.1, 0.15) is 0 Å². The molecule has 0 atom stereocenters. The molecule has 0 heterocycles. The largest absolute Gasteiger partial charge is 2.00 e. The third kappa shape index (κ3) is 7.92. The predicted molar refractivity (Wildman–Crippen MR) is 153 cm³/mol. The van der Waals surface area contributed by atoms with Gasteiger partial charge in [-0.15, -0.1) is 0 Å². The smallest absolute Gasteiger partial charge is 0.0778 e. The molecule has 164 valence electrons. The average molecular weight is 543 g/mol. The molecule has 33 heavy (non-hydrogen) atoms. The molecular formula is C28H20NiS4+2. The summed E-state index contributed by atoms with van der Waals surface area (Å²) >= 11 is 21.5. The molecule has 4 rings (SSSR count). The van der Waals surface area contributed by atoms with E-state index in [1.54, 1.807) is 0 Å². The monoisotopic (exact) mass is 542 g/mol. The van der Waals surface area contributed by atoms with Crippen molar-refractivity contribution in [2.24, 2.45) is 0 Å². The molecule has 0 aliphatic heterocycles. The molecule has 0 aromatic heterocycles. The van der Waals surface area contributed by atoms with Crippen LogP contribution in [0.4, 0.5) is 0 Å². The van der Waals surface area contributed by atoms with Gasteiger partial charge in [0, 0.05) is 0 Å². The molecule has 4 aromatic rings. The maximum atomic E-state index is 5.38.